The van der Waals surface area contributed by atoms with E-state index in [1.807, 2.05) is 43.0 Å². The second-order valence-corrected chi connectivity index (χ2v) is 8.71. The van der Waals surface area contributed by atoms with Gasteiger partial charge < -0.3 is 19.4 Å². The Labute approximate surface area is 186 Å². The maximum atomic E-state index is 13.1. The number of para-hydroxylation sites is 1. The van der Waals surface area contributed by atoms with Crippen LogP contribution in [0.15, 0.2) is 34.9 Å². The molecule has 1 saturated heterocycles. The Bertz CT molecular complexity index is 1050. The van der Waals surface area contributed by atoms with Crippen LogP contribution in [-0.4, -0.2) is 47.5 Å². The zero-order chi connectivity index (χ0) is 21.8. The van der Waals surface area contributed by atoms with Crippen molar-refractivity contribution in [2.45, 2.75) is 39.0 Å². The fraction of sp³-hybridized carbons (Fsp3) is 0.435. The molecule has 0 bridgehead atoms. The van der Waals surface area contributed by atoms with Gasteiger partial charge in [-0.3, -0.25) is 4.79 Å². The lowest BCUT2D eigenvalue weighted by atomic mass is 9.98. The number of aryl methyl sites for hydroxylation is 1. The first kappa shape index (κ1) is 21.4. The van der Waals surface area contributed by atoms with Crippen molar-refractivity contribution in [1.29, 1.82) is 0 Å². The summed E-state index contributed by atoms with van der Waals surface area (Å²) in [5, 5.41) is 3.99. The number of oxazole rings is 1. The maximum absolute atomic E-state index is 13.1. The van der Waals surface area contributed by atoms with Gasteiger partial charge in [0, 0.05) is 31.6 Å². The van der Waals surface area contributed by atoms with Crippen LogP contribution in [-0.2, 0) is 6.42 Å². The highest BCUT2D eigenvalue weighted by molar-refractivity contribution is 7.17. The molecule has 0 saturated carbocycles. The average Bonchev–Trinajstić information content (AvgIpc) is 3.40. The van der Waals surface area contributed by atoms with Gasteiger partial charge in [-0.15, -0.1) is 0 Å². The minimum absolute atomic E-state index is 0.0460. The van der Waals surface area contributed by atoms with Crippen molar-refractivity contribution in [2.24, 2.45) is 0 Å². The Kier molecular flexibility index (Phi) is 6.56. The molecule has 1 N–H and O–H groups in total. The van der Waals surface area contributed by atoms with Gasteiger partial charge in [0.2, 0.25) is 0 Å². The zero-order valence-electron chi connectivity index (χ0n) is 18.2. The van der Waals surface area contributed by atoms with Crippen LogP contribution in [0, 0.1) is 6.92 Å². The predicted octanol–water partition coefficient (Wildman–Crippen LogP) is 4.49. The number of anilines is 1. The van der Waals surface area contributed by atoms with E-state index < -0.39 is 0 Å². The molecule has 0 unspecified atom stereocenters. The summed E-state index contributed by atoms with van der Waals surface area (Å²) in [7, 11) is 1.67. The van der Waals surface area contributed by atoms with E-state index in [9.17, 15) is 4.79 Å². The molecule has 0 spiro atoms. The molecule has 1 amide bonds. The molecule has 1 fully saturated rings. The molecule has 0 aliphatic carbocycles. The van der Waals surface area contributed by atoms with Crippen molar-refractivity contribution in [2.75, 3.05) is 32.1 Å². The van der Waals surface area contributed by atoms with Crippen LogP contribution < -0.4 is 10.1 Å². The lowest BCUT2D eigenvalue weighted by Gasteiger charge is -2.31. The summed E-state index contributed by atoms with van der Waals surface area (Å²) in [6.07, 6.45) is 4.31. The Morgan fingerprint density at radius 3 is 3.03 bits per heavy atom. The first-order chi connectivity index (χ1) is 15.1. The SMILES string of the molecule is CCNc1nc(C)c(C(=O)N2CCC[C@H](c3ncc(Cc4ccccc4OC)o3)C2)s1. The minimum atomic E-state index is 0.0460. The third-order valence-electron chi connectivity index (χ3n) is 5.51. The molecule has 1 aliphatic rings. The highest BCUT2D eigenvalue weighted by Gasteiger charge is 2.30. The summed E-state index contributed by atoms with van der Waals surface area (Å²) in [6.45, 7) is 6.06. The summed E-state index contributed by atoms with van der Waals surface area (Å²) in [4.78, 5) is 24.8. The summed E-state index contributed by atoms with van der Waals surface area (Å²) >= 11 is 1.43. The highest BCUT2D eigenvalue weighted by atomic mass is 32.1. The first-order valence-electron chi connectivity index (χ1n) is 10.7. The van der Waals surface area contributed by atoms with Crippen molar-refractivity contribution in [1.82, 2.24) is 14.9 Å². The monoisotopic (exact) mass is 440 g/mol. The topological polar surface area (TPSA) is 80.5 Å². The number of likely N-dealkylation sites (tertiary alicyclic amines) is 1. The van der Waals surface area contributed by atoms with Gasteiger partial charge in [-0.1, -0.05) is 29.5 Å². The largest absolute Gasteiger partial charge is 0.496 e. The van der Waals surface area contributed by atoms with Crippen LogP contribution in [0.3, 0.4) is 0 Å². The smallest absolute Gasteiger partial charge is 0.265 e. The molecule has 2 aromatic heterocycles. The third kappa shape index (κ3) is 4.74. The molecular weight excluding hydrogens is 412 g/mol. The second kappa shape index (κ2) is 9.51. The van der Waals surface area contributed by atoms with Crippen molar-refractivity contribution in [3.8, 4) is 5.75 Å². The number of methoxy groups -OCH3 is 1. The molecule has 31 heavy (non-hydrogen) atoms. The van der Waals surface area contributed by atoms with E-state index in [1.54, 1.807) is 13.3 Å². The second-order valence-electron chi connectivity index (χ2n) is 7.71. The molecule has 3 aromatic rings. The number of rotatable bonds is 7. The quantitative estimate of drug-likeness (QED) is 0.583. The number of nitrogens with one attached hydrogen (secondary N) is 1. The molecule has 164 valence electrons. The number of carbonyl (C=O) groups excluding carboxylic acids is 1. The van der Waals surface area contributed by atoms with Gasteiger partial charge in [0.05, 0.1) is 24.9 Å². The van der Waals surface area contributed by atoms with Crippen molar-refractivity contribution >= 4 is 22.4 Å². The number of benzene rings is 1. The number of hydrogen-bond donors (Lipinski definition) is 1. The van der Waals surface area contributed by atoms with E-state index >= 15 is 0 Å². The van der Waals surface area contributed by atoms with Crippen molar-refractivity contribution < 1.29 is 13.9 Å². The molecule has 4 rings (SSSR count). The van der Waals surface area contributed by atoms with Gasteiger partial charge >= 0.3 is 0 Å². The molecule has 8 heteroatoms. The summed E-state index contributed by atoms with van der Waals surface area (Å²) in [5.74, 6) is 2.50. The Morgan fingerprint density at radius 2 is 2.23 bits per heavy atom. The van der Waals surface area contributed by atoms with E-state index in [0.29, 0.717) is 23.7 Å². The van der Waals surface area contributed by atoms with Crippen LogP contribution in [0.25, 0.3) is 0 Å². The molecule has 1 atom stereocenters. The number of thiazole rings is 1. The summed E-state index contributed by atoms with van der Waals surface area (Å²) in [5.41, 5.74) is 1.84. The molecule has 1 aliphatic heterocycles. The lowest BCUT2D eigenvalue weighted by Crippen LogP contribution is -2.39. The number of piperidine rings is 1. The third-order valence-corrected chi connectivity index (χ3v) is 6.61. The molecule has 7 nitrogen and oxygen atoms in total. The average molecular weight is 441 g/mol. The summed E-state index contributed by atoms with van der Waals surface area (Å²) in [6, 6.07) is 7.91. The van der Waals surface area contributed by atoms with Gasteiger partial charge in [0.25, 0.3) is 5.91 Å². The predicted molar refractivity (Wildman–Crippen MR) is 121 cm³/mol. The summed E-state index contributed by atoms with van der Waals surface area (Å²) < 4.78 is 11.5. The van der Waals surface area contributed by atoms with Gasteiger partial charge in [-0.2, -0.15) is 0 Å². The van der Waals surface area contributed by atoms with E-state index in [1.165, 1.54) is 11.3 Å². The van der Waals surface area contributed by atoms with Crippen molar-refractivity contribution in [3.05, 3.63) is 58.2 Å². The number of amides is 1. The Balaban J connectivity index is 1.45. The highest BCUT2D eigenvalue weighted by Crippen LogP contribution is 2.31. The van der Waals surface area contributed by atoms with E-state index in [4.69, 9.17) is 9.15 Å². The van der Waals surface area contributed by atoms with Gasteiger partial charge in [0.15, 0.2) is 11.0 Å². The van der Waals surface area contributed by atoms with Crippen LogP contribution >= 0.6 is 11.3 Å². The fourth-order valence-electron chi connectivity index (χ4n) is 3.96. The fourth-order valence-corrected chi connectivity index (χ4v) is 4.96. The van der Waals surface area contributed by atoms with Crippen LogP contribution in [0.1, 0.15) is 58.3 Å². The number of nitrogens with zero attached hydrogens (tertiary/aromatic N) is 3. The molecule has 1 aromatic carbocycles. The van der Waals surface area contributed by atoms with Gasteiger partial charge in [-0.25, -0.2) is 9.97 Å². The van der Waals surface area contributed by atoms with Crippen LogP contribution in [0.5, 0.6) is 5.75 Å². The van der Waals surface area contributed by atoms with Crippen LogP contribution in [0.2, 0.25) is 0 Å². The Morgan fingerprint density at radius 1 is 1.39 bits per heavy atom. The van der Waals surface area contributed by atoms with E-state index in [2.05, 4.69) is 15.3 Å². The number of aromatic nitrogens is 2. The van der Waals surface area contributed by atoms with E-state index in [0.717, 1.165) is 53.8 Å². The standard InChI is InChI=1S/C23H28N4O3S/c1-4-24-23-26-15(2)20(31-23)22(28)27-11-7-9-17(14-27)21-25-13-18(30-21)12-16-8-5-6-10-19(16)29-3/h5-6,8,10,13,17H,4,7,9,11-12,14H2,1-3H3,(H,24,26)/t17-/m0/s1. The number of carbonyl (C=O) groups is 1. The van der Waals surface area contributed by atoms with E-state index in [-0.39, 0.29) is 11.8 Å². The van der Waals surface area contributed by atoms with Gasteiger partial charge in [-0.05, 0) is 32.8 Å². The molecular formula is C23H28N4O3S. The number of ether oxygens (including phenoxy) is 1. The van der Waals surface area contributed by atoms with Crippen molar-refractivity contribution in [3.63, 3.8) is 0 Å². The first-order valence-corrected chi connectivity index (χ1v) is 11.5. The zero-order valence-corrected chi connectivity index (χ0v) is 19.0. The molecule has 3 heterocycles. The number of hydrogen-bond acceptors (Lipinski definition) is 7. The lowest BCUT2D eigenvalue weighted by molar-refractivity contribution is 0.0702. The van der Waals surface area contributed by atoms with Crippen LogP contribution in [0.4, 0.5) is 5.13 Å². The van der Waals surface area contributed by atoms with Gasteiger partial charge in [0.1, 0.15) is 16.4 Å². The normalized spacial score (nSPS) is 16.4. The molecule has 0 radical (unpaired) electrons. The minimum Gasteiger partial charge on any atom is -0.496 e. The maximum Gasteiger partial charge on any atom is 0.265 e. The Hall–Kier alpha value is -2.87.